The molecule has 0 aromatic heterocycles. The van der Waals surface area contributed by atoms with Gasteiger partial charge in [-0.3, -0.25) is 5.01 Å². The fourth-order valence-electron chi connectivity index (χ4n) is 2.55. The highest BCUT2D eigenvalue weighted by Crippen LogP contribution is 2.17. The van der Waals surface area contributed by atoms with Crippen LogP contribution in [0.25, 0.3) is 11.6 Å². The SMILES string of the molecule is CC(C)N(/N=C/C(=C/c1ccccc1)c1ccccc1)C(C)C. The number of benzene rings is 2. The highest BCUT2D eigenvalue weighted by atomic mass is 15.5. The van der Waals surface area contributed by atoms with Crippen LogP contribution in [-0.4, -0.2) is 23.3 Å². The van der Waals surface area contributed by atoms with Crippen molar-refractivity contribution in [2.24, 2.45) is 5.10 Å². The summed E-state index contributed by atoms with van der Waals surface area (Å²) in [6.45, 7) is 8.67. The van der Waals surface area contributed by atoms with Gasteiger partial charge in [-0.05, 0) is 44.9 Å². The minimum Gasteiger partial charge on any atom is -0.292 e. The molecule has 0 bridgehead atoms. The Morgan fingerprint density at radius 1 is 0.826 bits per heavy atom. The van der Waals surface area contributed by atoms with E-state index in [1.807, 2.05) is 18.3 Å². The Morgan fingerprint density at radius 3 is 1.87 bits per heavy atom. The van der Waals surface area contributed by atoms with E-state index < -0.39 is 0 Å². The van der Waals surface area contributed by atoms with E-state index in [0.717, 1.165) is 5.57 Å². The summed E-state index contributed by atoms with van der Waals surface area (Å²) in [6, 6.07) is 21.5. The van der Waals surface area contributed by atoms with Crippen molar-refractivity contribution in [2.45, 2.75) is 39.8 Å². The molecule has 0 atom stereocenters. The summed E-state index contributed by atoms with van der Waals surface area (Å²) in [6.07, 6.45) is 4.15. The minimum absolute atomic E-state index is 0.375. The van der Waals surface area contributed by atoms with Gasteiger partial charge in [0, 0.05) is 17.7 Å². The average Bonchev–Trinajstić information content (AvgIpc) is 2.55. The van der Waals surface area contributed by atoms with Gasteiger partial charge in [0.2, 0.25) is 0 Å². The summed E-state index contributed by atoms with van der Waals surface area (Å²) in [5.41, 5.74) is 3.47. The summed E-state index contributed by atoms with van der Waals surface area (Å²) in [4.78, 5) is 0. The van der Waals surface area contributed by atoms with Gasteiger partial charge in [0.1, 0.15) is 0 Å². The fraction of sp³-hybridized carbons (Fsp3) is 0.286. The lowest BCUT2D eigenvalue weighted by molar-refractivity contribution is 0.185. The molecule has 0 radical (unpaired) electrons. The number of hydrogen-bond acceptors (Lipinski definition) is 2. The van der Waals surface area contributed by atoms with Crippen LogP contribution in [0, 0.1) is 0 Å². The minimum atomic E-state index is 0.375. The molecule has 2 nitrogen and oxygen atoms in total. The van der Waals surface area contributed by atoms with Crippen molar-refractivity contribution in [1.82, 2.24) is 5.01 Å². The topological polar surface area (TPSA) is 15.6 Å². The van der Waals surface area contributed by atoms with Gasteiger partial charge in [-0.25, -0.2) is 0 Å². The Hall–Kier alpha value is -2.35. The molecule has 120 valence electrons. The Labute approximate surface area is 140 Å². The molecule has 0 aliphatic carbocycles. The zero-order valence-corrected chi connectivity index (χ0v) is 14.5. The van der Waals surface area contributed by atoms with E-state index in [9.17, 15) is 0 Å². The average molecular weight is 306 g/mol. The summed E-state index contributed by atoms with van der Waals surface area (Å²) in [5, 5.41) is 6.86. The highest BCUT2D eigenvalue weighted by Gasteiger charge is 2.10. The molecule has 2 rings (SSSR count). The highest BCUT2D eigenvalue weighted by molar-refractivity contribution is 6.15. The summed E-state index contributed by atoms with van der Waals surface area (Å²) >= 11 is 0. The van der Waals surface area contributed by atoms with Gasteiger partial charge in [0.25, 0.3) is 0 Å². The van der Waals surface area contributed by atoms with Crippen molar-refractivity contribution < 1.29 is 0 Å². The van der Waals surface area contributed by atoms with Crippen LogP contribution in [0.15, 0.2) is 65.8 Å². The van der Waals surface area contributed by atoms with Crippen LogP contribution in [0.2, 0.25) is 0 Å². The van der Waals surface area contributed by atoms with E-state index >= 15 is 0 Å². The quantitative estimate of drug-likeness (QED) is 0.400. The Bertz CT molecular complexity index is 632. The Morgan fingerprint density at radius 2 is 1.35 bits per heavy atom. The van der Waals surface area contributed by atoms with E-state index in [-0.39, 0.29) is 0 Å². The third-order valence-corrected chi connectivity index (χ3v) is 3.62. The molecule has 0 unspecified atom stereocenters. The standard InChI is InChI=1S/C21H26N2/c1-17(2)23(18(3)4)22-16-21(20-13-9-6-10-14-20)15-19-11-7-5-8-12-19/h5-18H,1-4H3/b21-15-,22-16+. The maximum Gasteiger partial charge on any atom is 0.0549 e. The summed E-state index contributed by atoms with van der Waals surface area (Å²) in [7, 11) is 0. The van der Waals surface area contributed by atoms with E-state index in [1.165, 1.54) is 11.1 Å². The Balaban J connectivity index is 2.37. The lowest BCUT2D eigenvalue weighted by Crippen LogP contribution is -2.32. The second-order valence-corrected chi connectivity index (χ2v) is 6.19. The monoisotopic (exact) mass is 306 g/mol. The molecular weight excluding hydrogens is 280 g/mol. The van der Waals surface area contributed by atoms with Crippen molar-refractivity contribution in [2.75, 3.05) is 0 Å². The fourth-order valence-corrected chi connectivity index (χ4v) is 2.55. The summed E-state index contributed by atoms with van der Waals surface area (Å²) in [5.74, 6) is 0. The first kappa shape index (κ1) is 17.0. The van der Waals surface area contributed by atoms with Crippen LogP contribution < -0.4 is 0 Å². The van der Waals surface area contributed by atoms with E-state index in [0.29, 0.717) is 12.1 Å². The normalized spacial score (nSPS) is 12.3. The van der Waals surface area contributed by atoms with Gasteiger partial charge in [-0.15, -0.1) is 0 Å². The zero-order chi connectivity index (χ0) is 16.7. The molecule has 0 aliphatic heterocycles. The molecule has 0 aliphatic rings. The van der Waals surface area contributed by atoms with Crippen molar-refractivity contribution in [3.63, 3.8) is 0 Å². The molecule has 0 saturated carbocycles. The molecule has 2 aromatic carbocycles. The van der Waals surface area contributed by atoms with E-state index in [1.54, 1.807) is 0 Å². The third-order valence-electron chi connectivity index (χ3n) is 3.62. The van der Waals surface area contributed by atoms with Crippen molar-refractivity contribution in [3.8, 4) is 0 Å². The van der Waals surface area contributed by atoms with Crippen molar-refractivity contribution >= 4 is 17.9 Å². The summed E-state index contributed by atoms with van der Waals surface area (Å²) < 4.78 is 0. The maximum atomic E-state index is 4.74. The predicted octanol–water partition coefficient (Wildman–Crippen LogP) is 5.33. The predicted molar refractivity (Wildman–Crippen MR) is 101 cm³/mol. The third kappa shape index (κ3) is 5.10. The molecule has 0 fully saturated rings. The number of hydrogen-bond donors (Lipinski definition) is 0. The van der Waals surface area contributed by atoms with Crippen LogP contribution in [0.1, 0.15) is 38.8 Å². The molecule has 0 amide bonds. The first-order chi connectivity index (χ1) is 11.1. The number of nitrogens with zero attached hydrogens (tertiary/aromatic N) is 2. The van der Waals surface area contributed by atoms with Crippen LogP contribution in [0.3, 0.4) is 0 Å². The Kier molecular flexibility index (Phi) is 6.16. The van der Waals surface area contributed by atoms with Crippen molar-refractivity contribution in [3.05, 3.63) is 71.8 Å². The van der Waals surface area contributed by atoms with Gasteiger partial charge in [0.15, 0.2) is 0 Å². The number of allylic oxidation sites excluding steroid dienone is 1. The molecule has 0 heterocycles. The van der Waals surface area contributed by atoms with E-state index in [2.05, 4.69) is 87.3 Å². The second-order valence-electron chi connectivity index (χ2n) is 6.19. The van der Waals surface area contributed by atoms with Gasteiger partial charge >= 0.3 is 0 Å². The molecule has 0 saturated heterocycles. The van der Waals surface area contributed by atoms with Gasteiger partial charge in [0.05, 0.1) is 6.21 Å². The van der Waals surface area contributed by atoms with Crippen LogP contribution >= 0.6 is 0 Å². The van der Waals surface area contributed by atoms with Crippen molar-refractivity contribution in [1.29, 1.82) is 0 Å². The molecule has 0 N–H and O–H groups in total. The second kappa shape index (κ2) is 8.33. The first-order valence-electron chi connectivity index (χ1n) is 8.22. The first-order valence-corrected chi connectivity index (χ1v) is 8.22. The van der Waals surface area contributed by atoms with Crippen LogP contribution in [0.5, 0.6) is 0 Å². The molecule has 2 heteroatoms. The van der Waals surface area contributed by atoms with Gasteiger partial charge < -0.3 is 0 Å². The largest absolute Gasteiger partial charge is 0.292 e. The smallest absolute Gasteiger partial charge is 0.0549 e. The lowest BCUT2D eigenvalue weighted by Gasteiger charge is -2.27. The van der Waals surface area contributed by atoms with Gasteiger partial charge in [-0.2, -0.15) is 5.10 Å². The number of rotatable bonds is 6. The molecule has 23 heavy (non-hydrogen) atoms. The zero-order valence-electron chi connectivity index (χ0n) is 14.5. The maximum absolute atomic E-state index is 4.74. The lowest BCUT2D eigenvalue weighted by atomic mass is 10.0. The van der Waals surface area contributed by atoms with E-state index in [4.69, 9.17) is 5.10 Å². The van der Waals surface area contributed by atoms with Crippen LogP contribution in [0.4, 0.5) is 0 Å². The van der Waals surface area contributed by atoms with Gasteiger partial charge in [-0.1, -0.05) is 60.7 Å². The molecule has 0 spiro atoms. The van der Waals surface area contributed by atoms with Crippen LogP contribution in [-0.2, 0) is 0 Å². The molecular formula is C21H26N2. The molecule has 2 aromatic rings. The number of hydrazone groups is 1.